The lowest BCUT2D eigenvalue weighted by Gasteiger charge is -2.49. The summed E-state index contributed by atoms with van der Waals surface area (Å²) in [4.78, 5) is 29.6. The molecule has 1 aromatic rings. The van der Waals surface area contributed by atoms with Crippen molar-refractivity contribution in [3.8, 4) is 0 Å². The molecular formula is C25H38N4O2. The molecule has 2 saturated carbocycles. The first-order chi connectivity index (χ1) is 14.7. The summed E-state index contributed by atoms with van der Waals surface area (Å²) in [6, 6.07) is 10.8. The molecule has 170 valence electrons. The van der Waals surface area contributed by atoms with Gasteiger partial charge in [-0.3, -0.25) is 4.79 Å². The highest BCUT2D eigenvalue weighted by molar-refractivity contribution is 5.83. The molecular weight excluding hydrogens is 388 g/mol. The van der Waals surface area contributed by atoms with Crippen LogP contribution in [0.2, 0.25) is 0 Å². The molecule has 1 spiro atoms. The number of carbonyl (C=O) groups excluding carboxylic acids is 2. The Morgan fingerprint density at radius 3 is 2.32 bits per heavy atom. The van der Waals surface area contributed by atoms with Gasteiger partial charge in [0.05, 0.1) is 11.0 Å². The predicted molar refractivity (Wildman–Crippen MR) is 122 cm³/mol. The third kappa shape index (κ3) is 3.95. The molecule has 0 unspecified atom stereocenters. The second-order valence-corrected chi connectivity index (χ2v) is 10.7. The van der Waals surface area contributed by atoms with Crippen LogP contribution in [0, 0.1) is 11.3 Å². The number of amides is 3. The Morgan fingerprint density at radius 1 is 1.16 bits per heavy atom. The van der Waals surface area contributed by atoms with Crippen molar-refractivity contribution >= 4 is 11.9 Å². The van der Waals surface area contributed by atoms with E-state index in [1.54, 1.807) is 0 Å². The Labute approximate surface area is 186 Å². The number of carbonyl (C=O) groups is 2. The van der Waals surface area contributed by atoms with Crippen molar-refractivity contribution in [3.63, 3.8) is 0 Å². The Morgan fingerprint density at radius 2 is 1.81 bits per heavy atom. The Bertz CT molecular complexity index is 810. The van der Waals surface area contributed by atoms with Gasteiger partial charge in [-0.25, -0.2) is 4.79 Å². The normalized spacial score (nSPS) is 29.5. The number of nitrogens with one attached hydrogen (secondary N) is 1. The Hall–Kier alpha value is -2.08. The van der Waals surface area contributed by atoms with Gasteiger partial charge in [0, 0.05) is 25.2 Å². The summed E-state index contributed by atoms with van der Waals surface area (Å²) in [6.45, 7) is 5.62. The van der Waals surface area contributed by atoms with Gasteiger partial charge in [-0.15, -0.1) is 0 Å². The molecule has 1 aromatic carbocycles. The molecule has 6 nitrogen and oxygen atoms in total. The first kappa shape index (κ1) is 22.1. The van der Waals surface area contributed by atoms with E-state index >= 15 is 0 Å². The highest BCUT2D eigenvalue weighted by Crippen LogP contribution is 2.48. The number of rotatable bonds is 7. The molecule has 0 aromatic heterocycles. The van der Waals surface area contributed by atoms with Crippen LogP contribution in [-0.4, -0.2) is 54.0 Å². The van der Waals surface area contributed by atoms with E-state index < -0.39 is 5.41 Å². The summed E-state index contributed by atoms with van der Waals surface area (Å²) in [7, 11) is 2.05. The molecule has 4 rings (SSSR count). The zero-order chi connectivity index (χ0) is 22.3. The maximum Gasteiger partial charge on any atom is 0.320 e. The number of benzene rings is 1. The predicted octanol–water partition coefficient (Wildman–Crippen LogP) is 3.46. The van der Waals surface area contributed by atoms with Crippen LogP contribution in [0.5, 0.6) is 0 Å². The first-order valence-electron chi connectivity index (χ1n) is 11.8. The fraction of sp³-hybridized carbons (Fsp3) is 0.680. The number of nitrogens with two attached hydrogens (primary N) is 1. The summed E-state index contributed by atoms with van der Waals surface area (Å²) in [5, 5.41) is 3.62. The average molecular weight is 427 g/mol. The summed E-state index contributed by atoms with van der Waals surface area (Å²) in [5.74, 6) is 0.267. The molecule has 1 heterocycles. The SMILES string of the molecule is CN[C@]1(c2ccccc2)CC[C@]2(CC1)CN(CC(C)(C)C(N)=O)C(=O)N2CC1CCC1. The molecule has 3 fully saturated rings. The maximum absolute atomic E-state index is 13.5. The van der Waals surface area contributed by atoms with Gasteiger partial charge in [0.15, 0.2) is 0 Å². The lowest BCUT2D eigenvalue weighted by molar-refractivity contribution is -0.126. The second kappa shape index (κ2) is 8.12. The van der Waals surface area contributed by atoms with Crippen molar-refractivity contribution in [1.82, 2.24) is 15.1 Å². The summed E-state index contributed by atoms with van der Waals surface area (Å²) in [6.07, 6.45) is 7.64. The number of hydrogen-bond acceptors (Lipinski definition) is 3. The summed E-state index contributed by atoms with van der Waals surface area (Å²) in [5.41, 5.74) is 6.04. The smallest absolute Gasteiger partial charge is 0.320 e. The van der Waals surface area contributed by atoms with Crippen molar-refractivity contribution in [1.29, 1.82) is 0 Å². The lowest BCUT2D eigenvalue weighted by Crippen LogP contribution is -2.56. The minimum absolute atomic E-state index is 0.0440. The van der Waals surface area contributed by atoms with Crippen LogP contribution in [0.1, 0.15) is 64.4 Å². The van der Waals surface area contributed by atoms with Crippen LogP contribution in [-0.2, 0) is 10.3 Å². The molecule has 31 heavy (non-hydrogen) atoms. The molecule has 0 radical (unpaired) electrons. The van der Waals surface area contributed by atoms with Gasteiger partial charge in [0.25, 0.3) is 0 Å². The van der Waals surface area contributed by atoms with E-state index in [-0.39, 0.29) is 23.0 Å². The molecule has 2 aliphatic carbocycles. The van der Waals surface area contributed by atoms with Gasteiger partial charge in [-0.1, -0.05) is 36.8 Å². The third-order valence-corrected chi connectivity index (χ3v) is 8.32. The first-order valence-corrected chi connectivity index (χ1v) is 11.8. The molecule has 1 aliphatic heterocycles. The van der Waals surface area contributed by atoms with Crippen molar-refractivity contribution in [2.24, 2.45) is 17.1 Å². The number of urea groups is 1. The molecule has 3 amide bonds. The van der Waals surface area contributed by atoms with Gasteiger partial charge in [-0.2, -0.15) is 0 Å². The minimum atomic E-state index is -0.725. The lowest BCUT2D eigenvalue weighted by atomic mass is 9.68. The van der Waals surface area contributed by atoms with Gasteiger partial charge in [0.2, 0.25) is 5.91 Å². The molecule has 3 N–H and O–H groups in total. The fourth-order valence-corrected chi connectivity index (χ4v) is 5.78. The largest absolute Gasteiger partial charge is 0.369 e. The maximum atomic E-state index is 13.5. The van der Waals surface area contributed by atoms with Crippen molar-refractivity contribution < 1.29 is 9.59 Å². The van der Waals surface area contributed by atoms with Crippen molar-refractivity contribution in [3.05, 3.63) is 35.9 Å². The van der Waals surface area contributed by atoms with E-state index in [9.17, 15) is 9.59 Å². The van der Waals surface area contributed by atoms with E-state index in [0.717, 1.165) is 32.2 Å². The number of hydrogen-bond donors (Lipinski definition) is 2. The van der Waals surface area contributed by atoms with Crippen molar-refractivity contribution in [2.45, 2.75) is 69.9 Å². The average Bonchev–Trinajstić information content (AvgIpc) is 2.96. The number of nitrogens with zero attached hydrogens (tertiary/aromatic N) is 2. The van der Waals surface area contributed by atoms with E-state index in [1.807, 2.05) is 18.7 Å². The van der Waals surface area contributed by atoms with E-state index in [4.69, 9.17) is 5.73 Å². The van der Waals surface area contributed by atoms with Crippen LogP contribution in [0.3, 0.4) is 0 Å². The molecule has 0 bridgehead atoms. The van der Waals surface area contributed by atoms with Gasteiger partial charge < -0.3 is 20.9 Å². The Balaban J connectivity index is 1.57. The zero-order valence-electron chi connectivity index (χ0n) is 19.3. The van der Waals surface area contributed by atoms with E-state index in [0.29, 0.717) is 19.0 Å². The van der Waals surface area contributed by atoms with Gasteiger partial charge >= 0.3 is 6.03 Å². The quantitative estimate of drug-likeness (QED) is 0.701. The zero-order valence-corrected chi connectivity index (χ0v) is 19.3. The monoisotopic (exact) mass is 426 g/mol. The van der Waals surface area contributed by atoms with Gasteiger partial charge in [0.1, 0.15) is 0 Å². The van der Waals surface area contributed by atoms with Crippen LogP contribution in [0.4, 0.5) is 4.79 Å². The summed E-state index contributed by atoms with van der Waals surface area (Å²) < 4.78 is 0. The van der Waals surface area contributed by atoms with Crippen molar-refractivity contribution in [2.75, 3.05) is 26.7 Å². The summed E-state index contributed by atoms with van der Waals surface area (Å²) >= 11 is 0. The fourth-order valence-electron chi connectivity index (χ4n) is 5.78. The standard InChI is InChI=1S/C25H38N4O2/c1-23(2,21(26)30)17-28-18-24(29(22(28)31)16-19-8-7-9-19)12-14-25(27-3,15-13-24)20-10-5-4-6-11-20/h4-6,10-11,19,27H,7-9,12-18H2,1-3H3,(H2,26,30)/t24-,25+. The highest BCUT2D eigenvalue weighted by Gasteiger charge is 2.54. The van der Waals surface area contributed by atoms with Crippen LogP contribution in [0.25, 0.3) is 0 Å². The molecule has 0 atom stereocenters. The topological polar surface area (TPSA) is 78.7 Å². The molecule has 3 aliphatic rings. The second-order valence-electron chi connectivity index (χ2n) is 10.7. The highest BCUT2D eigenvalue weighted by atomic mass is 16.2. The third-order valence-electron chi connectivity index (χ3n) is 8.32. The Kier molecular flexibility index (Phi) is 5.80. The number of primary amides is 1. The van der Waals surface area contributed by atoms with Gasteiger partial charge in [-0.05, 0) is 70.9 Å². The van der Waals surface area contributed by atoms with Crippen LogP contribution < -0.4 is 11.1 Å². The van der Waals surface area contributed by atoms with Crippen LogP contribution in [0.15, 0.2) is 30.3 Å². The van der Waals surface area contributed by atoms with E-state index in [1.165, 1.54) is 24.8 Å². The molecule has 1 saturated heterocycles. The van der Waals surface area contributed by atoms with Crippen LogP contribution >= 0.6 is 0 Å². The molecule has 6 heteroatoms. The van der Waals surface area contributed by atoms with E-state index in [2.05, 4.69) is 47.6 Å². The minimum Gasteiger partial charge on any atom is -0.369 e.